The fraction of sp³-hybridized carbons (Fsp3) is 0.294. The summed E-state index contributed by atoms with van der Waals surface area (Å²) in [5.74, 6) is -1.21. The maximum absolute atomic E-state index is 12.5. The van der Waals surface area contributed by atoms with Gasteiger partial charge in [-0.3, -0.25) is 4.79 Å². The van der Waals surface area contributed by atoms with E-state index in [9.17, 15) is 14.7 Å². The molecule has 1 amide bonds. The monoisotopic (exact) mass is 331 g/mol. The first-order valence-corrected chi connectivity index (χ1v) is 8.12. The van der Waals surface area contributed by atoms with Gasteiger partial charge in [0.15, 0.2) is 0 Å². The van der Waals surface area contributed by atoms with Crippen molar-refractivity contribution in [3.8, 4) is 0 Å². The van der Waals surface area contributed by atoms with Crippen molar-refractivity contribution < 1.29 is 19.4 Å². The third-order valence-corrected chi connectivity index (χ3v) is 5.14. The second-order valence-corrected chi connectivity index (χ2v) is 6.74. The number of benzene rings is 1. The summed E-state index contributed by atoms with van der Waals surface area (Å²) in [5.41, 5.74) is 3.31. The third-order valence-electron chi connectivity index (χ3n) is 3.90. The fourth-order valence-corrected chi connectivity index (χ4v) is 3.71. The topological polar surface area (TPSA) is 75.6 Å². The van der Waals surface area contributed by atoms with Crippen LogP contribution >= 0.6 is 11.3 Å². The lowest BCUT2D eigenvalue weighted by atomic mass is 10.0. The Morgan fingerprint density at radius 1 is 1.22 bits per heavy atom. The number of carbonyl (C=O) groups excluding carboxylic acids is 1. The quantitative estimate of drug-likeness (QED) is 0.904. The number of ether oxygens (including phenoxy) is 1. The van der Waals surface area contributed by atoms with E-state index >= 15 is 0 Å². The van der Waals surface area contributed by atoms with Gasteiger partial charge in [-0.15, -0.1) is 11.3 Å². The van der Waals surface area contributed by atoms with Gasteiger partial charge < -0.3 is 15.2 Å². The van der Waals surface area contributed by atoms with Gasteiger partial charge in [0.2, 0.25) is 0 Å². The molecule has 0 aliphatic carbocycles. The lowest BCUT2D eigenvalue weighted by molar-refractivity contribution is 0.0695. The number of carboxylic acids is 1. The number of thiophene rings is 1. The summed E-state index contributed by atoms with van der Waals surface area (Å²) in [6.45, 7) is 4.83. The van der Waals surface area contributed by atoms with Crippen molar-refractivity contribution in [1.29, 1.82) is 0 Å². The molecule has 6 heteroatoms. The van der Waals surface area contributed by atoms with Gasteiger partial charge in [0.25, 0.3) is 5.91 Å². The van der Waals surface area contributed by atoms with Crippen LogP contribution in [0.4, 0.5) is 5.69 Å². The largest absolute Gasteiger partial charge is 0.478 e. The van der Waals surface area contributed by atoms with Gasteiger partial charge in [-0.1, -0.05) is 6.07 Å². The molecule has 0 radical (unpaired) electrons. The Morgan fingerprint density at radius 3 is 2.70 bits per heavy atom. The predicted molar refractivity (Wildman–Crippen MR) is 88.5 cm³/mol. The molecule has 1 aromatic carbocycles. The molecule has 3 rings (SSSR count). The van der Waals surface area contributed by atoms with Crippen LogP contribution in [0.5, 0.6) is 0 Å². The number of anilines is 1. The second kappa shape index (κ2) is 6.14. The number of carbonyl (C=O) groups is 2. The molecule has 23 heavy (non-hydrogen) atoms. The van der Waals surface area contributed by atoms with Crippen LogP contribution in [-0.2, 0) is 17.8 Å². The molecule has 0 spiro atoms. The van der Waals surface area contributed by atoms with E-state index in [1.165, 1.54) is 22.3 Å². The Labute approximate surface area is 137 Å². The van der Waals surface area contributed by atoms with Gasteiger partial charge in [0.05, 0.1) is 23.7 Å². The zero-order chi connectivity index (χ0) is 16.6. The highest BCUT2D eigenvalue weighted by Crippen LogP contribution is 2.28. The smallest absolute Gasteiger partial charge is 0.336 e. The van der Waals surface area contributed by atoms with E-state index < -0.39 is 5.97 Å². The van der Waals surface area contributed by atoms with Crippen molar-refractivity contribution in [2.75, 3.05) is 11.9 Å². The van der Waals surface area contributed by atoms with E-state index in [1.807, 2.05) is 13.0 Å². The number of carboxylic acid groups (broad SMARTS) is 1. The number of aromatic carboxylic acids is 1. The van der Waals surface area contributed by atoms with Gasteiger partial charge in [-0.2, -0.15) is 0 Å². The first-order valence-electron chi connectivity index (χ1n) is 7.31. The molecule has 5 nitrogen and oxygen atoms in total. The summed E-state index contributed by atoms with van der Waals surface area (Å²) < 4.78 is 5.39. The molecule has 2 heterocycles. The summed E-state index contributed by atoms with van der Waals surface area (Å²) in [7, 11) is 0. The van der Waals surface area contributed by atoms with Crippen molar-refractivity contribution in [1.82, 2.24) is 0 Å². The fourth-order valence-electron chi connectivity index (χ4n) is 2.66. The van der Waals surface area contributed by atoms with Crippen LogP contribution in [0.2, 0.25) is 0 Å². The van der Waals surface area contributed by atoms with Gasteiger partial charge in [-0.05, 0) is 42.7 Å². The van der Waals surface area contributed by atoms with Crippen LogP contribution in [0, 0.1) is 13.8 Å². The average molecular weight is 331 g/mol. The molecule has 2 aromatic rings. The molecule has 0 saturated heterocycles. The Bertz CT molecular complexity index is 771. The van der Waals surface area contributed by atoms with Crippen LogP contribution in [0.25, 0.3) is 0 Å². The van der Waals surface area contributed by atoms with Gasteiger partial charge in [0.1, 0.15) is 0 Å². The summed E-state index contributed by atoms with van der Waals surface area (Å²) in [6, 6.07) is 5.14. The van der Waals surface area contributed by atoms with Gasteiger partial charge in [-0.25, -0.2) is 4.79 Å². The van der Waals surface area contributed by atoms with Gasteiger partial charge in [0, 0.05) is 17.0 Å². The molecule has 0 atom stereocenters. The Balaban J connectivity index is 1.86. The van der Waals surface area contributed by atoms with E-state index in [4.69, 9.17) is 4.74 Å². The molecular formula is C17H17NO4S. The molecule has 1 aliphatic rings. The highest BCUT2D eigenvalue weighted by Gasteiger charge is 2.19. The average Bonchev–Trinajstić information content (AvgIpc) is 2.93. The van der Waals surface area contributed by atoms with Crippen molar-refractivity contribution >= 4 is 28.9 Å². The Morgan fingerprint density at radius 2 is 2.00 bits per heavy atom. The molecule has 0 bridgehead atoms. The minimum absolute atomic E-state index is 0.199. The second-order valence-electron chi connectivity index (χ2n) is 5.60. The van der Waals surface area contributed by atoms with Crippen LogP contribution in [-0.4, -0.2) is 23.6 Å². The Hall–Kier alpha value is -2.18. The number of nitrogens with one attached hydrogen (secondary N) is 1. The third kappa shape index (κ3) is 3.13. The van der Waals surface area contributed by atoms with Crippen molar-refractivity contribution in [3.63, 3.8) is 0 Å². The minimum Gasteiger partial charge on any atom is -0.478 e. The highest BCUT2D eigenvalue weighted by atomic mass is 32.1. The molecule has 0 fully saturated rings. The number of fused-ring (bicyclic) bond motifs is 1. The SMILES string of the molecule is Cc1cc(C)c(C(=O)O)cc1NC(=O)c1cc2c(s1)CCOC2. The van der Waals surface area contributed by atoms with E-state index in [0.29, 0.717) is 29.3 Å². The van der Waals surface area contributed by atoms with Crippen LogP contribution in [0.15, 0.2) is 18.2 Å². The highest BCUT2D eigenvalue weighted by molar-refractivity contribution is 7.14. The number of hydrogen-bond donors (Lipinski definition) is 2. The molecule has 0 unspecified atom stereocenters. The molecule has 0 saturated carbocycles. The Kier molecular flexibility index (Phi) is 4.19. The number of amides is 1. The molecular weight excluding hydrogens is 314 g/mol. The summed E-state index contributed by atoms with van der Waals surface area (Å²) >= 11 is 1.47. The number of hydrogen-bond acceptors (Lipinski definition) is 4. The van der Waals surface area contributed by atoms with Gasteiger partial charge >= 0.3 is 5.97 Å². The van der Waals surface area contributed by atoms with Crippen molar-refractivity contribution in [2.24, 2.45) is 0 Å². The first kappa shape index (κ1) is 15.7. The minimum atomic E-state index is -0.998. The molecule has 2 N–H and O–H groups in total. The van der Waals surface area contributed by atoms with E-state index in [-0.39, 0.29) is 11.5 Å². The molecule has 1 aliphatic heterocycles. The number of aryl methyl sites for hydroxylation is 2. The number of rotatable bonds is 3. The lowest BCUT2D eigenvalue weighted by Crippen LogP contribution is -2.12. The van der Waals surface area contributed by atoms with Crippen molar-refractivity contribution in [2.45, 2.75) is 26.9 Å². The van der Waals surface area contributed by atoms with Crippen molar-refractivity contribution in [3.05, 3.63) is 50.2 Å². The lowest BCUT2D eigenvalue weighted by Gasteiger charge is -2.10. The standard InChI is InChI=1S/C17H17NO4S/c1-9-5-10(2)13(7-12(9)17(20)21)18-16(19)15-6-11-8-22-4-3-14(11)23-15/h5-7H,3-4,8H2,1-2H3,(H,18,19)(H,20,21). The summed E-state index contributed by atoms with van der Waals surface area (Å²) in [5, 5.41) is 12.0. The molecule has 120 valence electrons. The zero-order valence-electron chi connectivity index (χ0n) is 12.9. The van der Waals surface area contributed by atoms with Crippen LogP contribution in [0.1, 0.15) is 41.6 Å². The van der Waals surface area contributed by atoms with E-state index in [0.717, 1.165) is 17.5 Å². The maximum Gasteiger partial charge on any atom is 0.336 e. The summed E-state index contributed by atoms with van der Waals surface area (Å²) in [6.07, 6.45) is 0.833. The zero-order valence-corrected chi connectivity index (χ0v) is 13.8. The first-order chi connectivity index (χ1) is 11.0. The van der Waals surface area contributed by atoms with E-state index in [2.05, 4.69) is 5.32 Å². The predicted octanol–water partition coefficient (Wildman–Crippen LogP) is 3.39. The van der Waals surface area contributed by atoms with Crippen LogP contribution < -0.4 is 5.32 Å². The summed E-state index contributed by atoms with van der Waals surface area (Å²) in [4.78, 5) is 25.5. The van der Waals surface area contributed by atoms with E-state index in [1.54, 1.807) is 13.0 Å². The molecule has 1 aromatic heterocycles. The normalized spacial score (nSPS) is 13.5. The van der Waals surface area contributed by atoms with Crippen LogP contribution in [0.3, 0.4) is 0 Å². The maximum atomic E-state index is 12.5.